The largest absolute Gasteiger partial charge is 0.484 e. The zero-order valence-corrected chi connectivity index (χ0v) is 18.9. The Balaban J connectivity index is 1.45. The first kappa shape index (κ1) is 22.7. The molecule has 0 atom stereocenters. The topological polar surface area (TPSA) is 96.8 Å². The van der Waals surface area contributed by atoms with E-state index in [-0.39, 0.29) is 24.2 Å². The summed E-state index contributed by atoms with van der Waals surface area (Å²) in [4.78, 5) is 34.6. The smallest absolute Gasteiger partial charge is 0.260 e. The molecule has 0 unspecified atom stereocenters. The highest BCUT2D eigenvalue weighted by Crippen LogP contribution is 2.15. The van der Waals surface area contributed by atoms with Gasteiger partial charge in [-0.1, -0.05) is 11.8 Å². The summed E-state index contributed by atoms with van der Waals surface area (Å²) >= 11 is 1.27. The summed E-state index contributed by atoms with van der Waals surface area (Å²) in [6, 6.07) is 9.17. The van der Waals surface area contributed by atoms with Gasteiger partial charge in [-0.3, -0.25) is 9.59 Å². The molecule has 164 valence electrons. The van der Waals surface area contributed by atoms with Crippen molar-refractivity contribution < 1.29 is 14.3 Å². The van der Waals surface area contributed by atoms with Gasteiger partial charge in [-0.05, 0) is 69.5 Å². The van der Waals surface area contributed by atoms with Crippen LogP contribution in [0.25, 0.3) is 0 Å². The maximum atomic E-state index is 12.1. The Kier molecular flexibility index (Phi) is 8.00. The number of nitrogens with zero attached hydrogens (tertiary/aromatic N) is 4. The van der Waals surface area contributed by atoms with Crippen LogP contribution in [0.5, 0.6) is 5.75 Å². The third kappa shape index (κ3) is 7.06. The lowest BCUT2D eigenvalue weighted by atomic mass is 10.1. The van der Waals surface area contributed by atoms with E-state index in [0.29, 0.717) is 16.6 Å². The van der Waals surface area contributed by atoms with Crippen molar-refractivity contribution in [2.75, 3.05) is 25.4 Å². The number of carbonyl (C=O) groups excluding carboxylic acids is 2. The number of amides is 2. The van der Waals surface area contributed by atoms with Crippen LogP contribution >= 0.6 is 11.8 Å². The standard InChI is InChI=1S/C22H27N5O3S/c1-15-12-16(2)24-22(23-15)31-14-20(28)26-25-17(3)18-6-8-19(9-7-18)30-13-21(29)27-10-4-5-11-27/h6-9,12H,4-5,10-11,13-14H2,1-3H3,(H,26,28)/b25-17+. The van der Waals surface area contributed by atoms with Crippen molar-refractivity contribution in [2.45, 2.75) is 38.8 Å². The van der Waals surface area contributed by atoms with E-state index in [9.17, 15) is 9.59 Å². The summed E-state index contributed by atoms with van der Waals surface area (Å²) in [5.74, 6) is 0.592. The second-order valence-corrected chi connectivity index (χ2v) is 8.30. The van der Waals surface area contributed by atoms with Gasteiger partial charge in [0.2, 0.25) is 0 Å². The quantitative estimate of drug-likeness (QED) is 0.293. The van der Waals surface area contributed by atoms with Gasteiger partial charge in [0.25, 0.3) is 11.8 Å². The van der Waals surface area contributed by atoms with Gasteiger partial charge >= 0.3 is 0 Å². The van der Waals surface area contributed by atoms with E-state index in [1.165, 1.54) is 11.8 Å². The molecular weight excluding hydrogens is 414 g/mol. The van der Waals surface area contributed by atoms with Gasteiger partial charge in [0.1, 0.15) is 5.75 Å². The van der Waals surface area contributed by atoms with Crippen LogP contribution < -0.4 is 10.2 Å². The van der Waals surface area contributed by atoms with Crippen LogP contribution in [-0.2, 0) is 9.59 Å². The molecule has 1 aromatic heterocycles. The van der Waals surface area contributed by atoms with Gasteiger partial charge in [-0.25, -0.2) is 15.4 Å². The van der Waals surface area contributed by atoms with E-state index in [0.717, 1.165) is 42.9 Å². The summed E-state index contributed by atoms with van der Waals surface area (Å²) in [6.45, 7) is 7.29. The van der Waals surface area contributed by atoms with Crippen LogP contribution in [0, 0.1) is 13.8 Å². The molecule has 0 spiro atoms. The number of carbonyl (C=O) groups is 2. The fraction of sp³-hybridized carbons (Fsp3) is 0.409. The number of nitrogens with one attached hydrogen (secondary N) is 1. The predicted molar refractivity (Wildman–Crippen MR) is 120 cm³/mol. The molecule has 1 fully saturated rings. The number of aromatic nitrogens is 2. The minimum atomic E-state index is -0.229. The molecule has 0 aliphatic carbocycles. The molecule has 2 heterocycles. The molecule has 0 radical (unpaired) electrons. The molecule has 0 bridgehead atoms. The molecule has 1 N–H and O–H groups in total. The van der Waals surface area contributed by atoms with Crippen molar-refractivity contribution in [1.29, 1.82) is 0 Å². The van der Waals surface area contributed by atoms with Gasteiger partial charge < -0.3 is 9.64 Å². The normalized spacial score (nSPS) is 13.9. The third-order valence-corrected chi connectivity index (χ3v) is 5.58. The summed E-state index contributed by atoms with van der Waals surface area (Å²) in [7, 11) is 0. The van der Waals surface area contributed by atoms with Gasteiger partial charge in [0.05, 0.1) is 11.5 Å². The Labute approximate surface area is 186 Å². The van der Waals surface area contributed by atoms with E-state index in [4.69, 9.17) is 4.74 Å². The Morgan fingerprint density at radius 3 is 2.42 bits per heavy atom. The molecule has 9 heteroatoms. The van der Waals surface area contributed by atoms with E-state index in [2.05, 4.69) is 20.5 Å². The monoisotopic (exact) mass is 441 g/mol. The first-order chi connectivity index (χ1) is 14.9. The van der Waals surface area contributed by atoms with Crippen molar-refractivity contribution in [3.8, 4) is 5.75 Å². The van der Waals surface area contributed by atoms with Gasteiger partial charge in [0, 0.05) is 24.5 Å². The lowest BCUT2D eigenvalue weighted by molar-refractivity contribution is -0.132. The summed E-state index contributed by atoms with van der Waals surface area (Å²) in [5, 5.41) is 4.74. The van der Waals surface area contributed by atoms with E-state index in [1.807, 2.05) is 43.9 Å². The van der Waals surface area contributed by atoms with Gasteiger partial charge in [-0.2, -0.15) is 5.10 Å². The maximum Gasteiger partial charge on any atom is 0.260 e. The van der Waals surface area contributed by atoms with Crippen LogP contribution in [0.4, 0.5) is 0 Å². The fourth-order valence-electron chi connectivity index (χ4n) is 3.13. The second-order valence-electron chi connectivity index (χ2n) is 7.36. The number of thioether (sulfide) groups is 1. The van der Waals surface area contributed by atoms with Crippen LogP contribution in [0.3, 0.4) is 0 Å². The molecule has 8 nitrogen and oxygen atoms in total. The first-order valence-corrected chi connectivity index (χ1v) is 11.2. The Morgan fingerprint density at radius 1 is 1.13 bits per heavy atom. The molecular formula is C22H27N5O3S. The molecule has 1 aromatic carbocycles. The summed E-state index contributed by atoms with van der Waals surface area (Å²) in [5.41, 5.74) is 5.82. The summed E-state index contributed by atoms with van der Waals surface area (Å²) < 4.78 is 5.59. The van der Waals surface area contributed by atoms with E-state index >= 15 is 0 Å². The lowest BCUT2D eigenvalue weighted by Crippen LogP contribution is -2.32. The van der Waals surface area contributed by atoms with Crippen LogP contribution in [0.2, 0.25) is 0 Å². The highest BCUT2D eigenvalue weighted by atomic mass is 32.2. The van der Waals surface area contributed by atoms with Crippen LogP contribution in [-0.4, -0.2) is 57.8 Å². The molecule has 2 aromatic rings. The number of likely N-dealkylation sites (tertiary alicyclic amines) is 1. The SMILES string of the molecule is C/C(=N\NC(=O)CSc1nc(C)cc(C)n1)c1ccc(OCC(=O)N2CCCC2)cc1. The number of rotatable bonds is 8. The van der Waals surface area contributed by atoms with Crippen molar-refractivity contribution >= 4 is 29.3 Å². The first-order valence-electron chi connectivity index (χ1n) is 10.2. The summed E-state index contributed by atoms with van der Waals surface area (Å²) in [6.07, 6.45) is 2.13. The molecule has 2 amide bonds. The Hall–Kier alpha value is -2.94. The highest BCUT2D eigenvalue weighted by molar-refractivity contribution is 7.99. The number of hydrogen-bond donors (Lipinski definition) is 1. The average molecular weight is 442 g/mol. The zero-order chi connectivity index (χ0) is 22.2. The number of benzene rings is 1. The molecule has 3 rings (SSSR count). The number of hydrogen-bond acceptors (Lipinski definition) is 7. The number of hydrazone groups is 1. The maximum absolute atomic E-state index is 12.1. The molecule has 1 aliphatic heterocycles. The number of aryl methyl sites for hydroxylation is 2. The van der Waals surface area contributed by atoms with Crippen LogP contribution in [0.1, 0.15) is 36.7 Å². The van der Waals surface area contributed by atoms with E-state index < -0.39 is 0 Å². The Bertz CT molecular complexity index is 936. The fourth-order valence-corrected chi connectivity index (χ4v) is 3.87. The van der Waals surface area contributed by atoms with Crippen molar-refractivity contribution in [2.24, 2.45) is 5.10 Å². The average Bonchev–Trinajstić information content (AvgIpc) is 3.29. The molecule has 0 saturated carbocycles. The zero-order valence-electron chi connectivity index (χ0n) is 18.1. The molecule has 31 heavy (non-hydrogen) atoms. The van der Waals surface area contributed by atoms with Crippen molar-refractivity contribution in [3.05, 3.63) is 47.3 Å². The second kappa shape index (κ2) is 10.9. The Morgan fingerprint density at radius 2 is 1.77 bits per heavy atom. The van der Waals surface area contributed by atoms with Crippen LogP contribution in [0.15, 0.2) is 40.6 Å². The molecule has 1 saturated heterocycles. The highest BCUT2D eigenvalue weighted by Gasteiger charge is 2.18. The van der Waals surface area contributed by atoms with Crippen molar-refractivity contribution in [3.63, 3.8) is 0 Å². The van der Waals surface area contributed by atoms with E-state index in [1.54, 1.807) is 12.1 Å². The van der Waals surface area contributed by atoms with Gasteiger partial charge in [-0.15, -0.1) is 0 Å². The minimum absolute atomic E-state index is 0.0196. The minimum Gasteiger partial charge on any atom is -0.484 e. The predicted octanol–water partition coefficient (Wildman–Crippen LogP) is 2.73. The third-order valence-electron chi connectivity index (χ3n) is 4.74. The lowest BCUT2D eigenvalue weighted by Gasteiger charge is -2.15. The number of ether oxygens (including phenoxy) is 1. The van der Waals surface area contributed by atoms with Gasteiger partial charge in [0.15, 0.2) is 11.8 Å². The van der Waals surface area contributed by atoms with Crippen molar-refractivity contribution in [1.82, 2.24) is 20.3 Å². The molecule has 1 aliphatic rings.